The van der Waals surface area contributed by atoms with Crippen LogP contribution in [0.1, 0.15) is 19.8 Å². The molecule has 3 heterocycles. The highest BCUT2D eigenvalue weighted by Gasteiger charge is 2.30. The van der Waals surface area contributed by atoms with Crippen LogP contribution < -0.4 is 15.5 Å². The van der Waals surface area contributed by atoms with Gasteiger partial charge in [0.2, 0.25) is 11.8 Å². The Labute approximate surface area is 181 Å². The molecule has 0 aliphatic carbocycles. The van der Waals surface area contributed by atoms with E-state index in [1.807, 2.05) is 48.5 Å². The van der Waals surface area contributed by atoms with Crippen LogP contribution in [0, 0.1) is 5.92 Å². The van der Waals surface area contributed by atoms with Crippen molar-refractivity contribution in [1.29, 1.82) is 0 Å². The summed E-state index contributed by atoms with van der Waals surface area (Å²) in [6.07, 6.45) is 5.04. The summed E-state index contributed by atoms with van der Waals surface area (Å²) in [5.74, 6) is 0.294. The van der Waals surface area contributed by atoms with Gasteiger partial charge in [0, 0.05) is 31.5 Å². The van der Waals surface area contributed by atoms with Gasteiger partial charge in [-0.15, -0.1) is 0 Å². The molecule has 0 bridgehead atoms. The fraction of sp³-hybridized carbons (Fsp3) is 0.250. The Hall–Kier alpha value is -3.58. The number of nitrogens with zero attached hydrogens (tertiary/aromatic N) is 3. The average Bonchev–Trinajstić information content (AvgIpc) is 2.80. The summed E-state index contributed by atoms with van der Waals surface area (Å²) in [6, 6.07) is 17.3. The first-order valence-corrected chi connectivity index (χ1v) is 10.4. The van der Waals surface area contributed by atoms with E-state index in [9.17, 15) is 9.59 Å². The molecule has 1 fully saturated rings. The lowest BCUT2D eigenvalue weighted by atomic mass is 9.98. The number of hydrogen-bond acceptors (Lipinski definition) is 6. The third-order valence-corrected chi connectivity index (χ3v) is 5.30. The number of hydrogen-bond donors (Lipinski definition) is 2. The molecule has 0 spiro atoms. The number of carbonyl (C=O) groups is 2. The van der Waals surface area contributed by atoms with E-state index in [0.717, 1.165) is 36.2 Å². The van der Waals surface area contributed by atoms with Crippen molar-refractivity contribution in [3.8, 4) is 11.1 Å². The van der Waals surface area contributed by atoms with E-state index in [2.05, 4.69) is 20.6 Å². The normalized spacial score (nSPS) is 15.8. The second kappa shape index (κ2) is 9.49. The standard InChI is InChI=1S/C24H25N5O2/c1-17(30)29(24(31)20-6-5-11-25-16-20)23-15-19(10-13-27-23)18-9-12-26-22(14-18)28-21-7-3-2-4-8-21/h2-4,7-10,12-15,20,25H,5-6,11,16H2,1H3,(H,26,28)/t20-/m0/s1. The minimum Gasteiger partial charge on any atom is -0.340 e. The monoisotopic (exact) mass is 415 g/mol. The molecule has 1 aliphatic rings. The maximum Gasteiger partial charge on any atom is 0.239 e. The van der Waals surface area contributed by atoms with E-state index in [4.69, 9.17) is 0 Å². The summed E-state index contributed by atoms with van der Waals surface area (Å²) in [5.41, 5.74) is 2.70. The van der Waals surface area contributed by atoms with E-state index in [-0.39, 0.29) is 17.7 Å². The Morgan fingerprint density at radius 2 is 1.77 bits per heavy atom. The van der Waals surface area contributed by atoms with Crippen LogP contribution in [0.15, 0.2) is 67.0 Å². The van der Waals surface area contributed by atoms with Crippen molar-refractivity contribution in [2.24, 2.45) is 5.92 Å². The molecule has 1 saturated heterocycles. The summed E-state index contributed by atoms with van der Waals surface area (Å²) in [5, 5.41) is 6.51. The molecule has 0 radical (unpaired) electrons. The summed E-state index contributed by atoms with van der Waals surface area (Å²) in [4.78, 5) is 35.3. The van der Waals surface area contributed by atoms with Gasteiger partial charge in [-0.3, -0.25) is 9.59 Å². The van der Waals surface area contributed by atoms with Crippen molar-refractivity contribution in [2.75, 3.05) is 23.3 Å². The molecule has 1 aromatic carbocycles. The molecule has 7 nitrogen and oxygen atoms in total. The molecule has 1 atom stereocenters. The number of para-hydroxylation sites is 1. The number of carbonyl (C=O) groups excluding carboxylic acids is 2. The molecule has 2 amide bonds. The summed E-state index contributed by atoms with van der Waals surface area (Å²) in [7, 11) is 0. The van der Waals surface area contributed by atoms with Gasteiger partial charge >= 0.3 is 0 Å². The van der Waals surface area contributed by atoms with Crippen molar-refractivity contribution in [2.45, 2.75) is 19.8 Å². The quantitative estimate of drug-likeness (QED) is 0.660. The minimum absolute atomic E-state index is 0.203. The highest BCUT2D eigenvalue weighted by atomic mass is 16.2. The maximum atomic E-state index is 13.1. The Kier molecular flexibility index (Phi) is 6.33. The number of piperidine rings is 1. The Bertz CT molecular complexity index is 1060. The second-order valence-electron chi connectivity index (χ2n) is 7.56. The maximum absolute atomic E-state index is 13.1. The molecule has 7 heteroatoms. The third-order valence-electron chi connectivity index (χ3n) is 5.30. The Morgan fingerprint density at radius 1 is 1.03 bits per heavy atom. The second-order valence-corrected chi connectivity index (χ2v) is 7.56. The zero-order chi connectivity index (χ0) is 21.6. The van der Waals surface area contributed by atoms with E-state index < -0.39 is 0 Å². The first-order valence-electron chi connectivity index (χ1n) is 10.4. The average molecular weight is 415 g/mol. The van der Waals surface area contributed by atoms with Crippen LogP contribution >= 0.6 is 0 Å². The van der Waals surface area contributed by atoms with E-state index in [0.29, 0.717) is 18.2 Å². The number of rotatable bonds is 5. The number of anilines is 3. The zero-order valence-corrected chi connectivity index (χ0v) is 17.4. The number of pyridine rings is 2. The molecule has 158 valence electrons. The molecular weight excluding hydrogens is 390 g/mol. The fourth-order valence-corrected chi connectivity index (χ4v) is 3.74. The smallest absolute Gasteiger partial charge is 0.239 e. The van der Waals surface area contributed by atoms with E-state index in [1.165, 1.54) is 11.8 Å². The van der Waals surface area contributed by atoms with Crippen LogP contribution in [0.25, 0.3) is 11.1 Å². The summed E-state index contributed by atoms with van der Waals surface area (Å²) in [6.45, 7) is 2.89. The van der Waals surface area contributed by atoms with Gasteiger partial charge in [0.25, 0.3) is 0 Å². The first kappa shape index (κ1) is 20.7. The van der Waals surface area contributed by atoms with Gasteiger partial charge in [-0.2, -0.15) is 0 Å². The van der Waals surface area contributed by atoms with E-state index >= 15 is 0 Å². The van der Waals surface area contributed by atoms with Gasteiger partial charge < -0.3 is 10.6 Å². The Balaban J connectivity index is 1.60. The van der Waals surface area contributed by atoms with Crippen molar-refractivity contribution in [3.05, 3.63) is 67.0 Å². The zero-order valence-electron chi connectivity index (χ0n) is 17.4. The molecule has 1 aliphatic heterocycles. The van der Waals surface area contributed by atoms with Crippen LogP contribution in [0.4, 0.5) is 17.3 Å². The number of benzene rings is 1. The highest BCUT2D eigenvalue weighted by molar-refractivity contribution is 6.14. The molecule has 2 N–H and O–H groups in total. The molecule has 2 aromatic heterocycles. The predicted octanol–water partition coefficient (Wildman–Crippen LogP) is 3.77. The summed E-state index contributed by atoms with van der Waals surface area (Å²) < 4.78 is 0. The van der Waals surface area contributed by atoms with Crippen molar-refractivity contribution >= 4 is 29.1 Å². The van der Waals surface area contributed by atoms with Gasteiger partial charge in [-0.05, 0) is 66.9 Å². The highest BCUT2D eigenvalue weighted by Crippen LogP contribution is 2.27. The lowest BCUT2D eigenvalue weighted by molar-refractivity contribution is -0.128. The number of aromatic nitrogens is 2. The molecular formula is C24H25N5O2. The van der Waals surface area contributed by atoms with Crippen molar-refractivity contribution < 1.29 is 9.59 Å². The van der Waals surface area contributed by atoms with Crippen LogP contribution in [-0.4, -0.2) is 34.9 Å². The first-order chi connectivity index (χ1) is 15.1. The lowest BCUT2D eigenvalue weighted by Crippen LogP contribution is -2.45. The topological polar surface area (TPSA) is 87.2 Å². The van der Waals surface area contributed by atoms with Crippen LogP contribution in [0.2, 0.25) is 0 Å². The van der Waals surface area contributed by atoms with Crippen molar-refractivity contribution in [3.63, 3.8) is 0 Å². The molecule has 0 saturated carbocycles. The number of imide groups is 1. The molecule has 3 aromatic rings. The predicted molar refractivity (Wildman–Crippen MR) is 121 cm³/mol. The number of nitrogens with one attached hydrogen (secondary N) is 2. The minimum atomic E-state index is -0.332. The van der Waals surface area contributed by atoms with Crippen LogP contribution in [0.5, 0.6) is 0 Å². The third kappa shape index (κ3) is 4.95. The van der Waals surface area contributed by atoms with Crippen LogP contribution in [0.3, 0.4) is 0 Å². The fourth-order valence-electron chi connectivity index (χ4n) is 3.74. The van der Waals surface area contributed by atoms with Gasteiger partial charge in [-0.1, -0.05) is 18.2 Å². The Morgan fingerprint density at radius 3 is 2.48 bits per heavy atom. The van der Waals surface area contributed by atoms with Gasteiger partial charge in [-0.25, -0.2) is 14.9 Å². The number of amides is 2. The van der Waals surface area contributed by atoms with Crippen molar-refractivity contribution in [1.82, 2.24) is 15.3 Å². The molecule has 0 unspecified atom stereocenters. The van der Waals surface area contributed by atoms with Gasteiger partial charge in [0.15, 0.2) is 0 Å². The largest absolute Gasteiger partial charge is 0.340 e. The molecule has 4 rings (SSSR count). The van der Waals surface area contributed by atoms with Crippen LogP contribution in [-0.2, 0) is 9.59 Å². The lowest BCUT2D eigenvalue weighted by Gasteiger charge is -2.27. The SMILES string of the molecule is CC(=O)N(C(=O)[C@H]1CCCNC1)c1cc(-c2ccnc(Nc3ccccc3)c2)ccn1. The molecule has 31 heavy (non-hydrogen) atoms. The van der Waals surface area contributed by atoms with Gasteiger partial charge in [0.1, 0.15) is 11.6 Å². The van der Waals surface area contributed by atoms with E-state index in [1.54, 1.807) is 18.5 Å². The summed E-state index contributed by atoms with van der Waals surface area (Å²) >= 11 is 0. The van der Waals surface area contributed by atoms with Gasteiger partial charge in [0.05, 0.1) is 5.92 Å².